The standard InChI is InChI=1S/C25H21FN6O5S/c1-14-22(15(2)36-31-14)38(34,35)37-19-7-4-17(5-8-19)25(23(33)32(3)24(27)30-25)18-6-9-21(26)20(10-18)16-11-28-13-29-12-16/h4-13H,1-3H3,(H2,27,30). The van der Waals surface area contributed by atoms with E-state index < -0.39 is 27.4 Å². The van der Waals surface area contributed by atoms with Crippen molar-refractivity contribution in [2.75, 3.05) is 7.05 Å². The minimum Gasteiger partial charge on any atom is -0.379 e. The van der Waals surface area contributed by atoms with Gasteiger partial charge in [-0.1, -0.05) is 23.4 Å². The molecule has 0 radical (unpaired) electrons. The number of nitrogens with two attached hydrogens (primary N) is 1. The van der Waals surface area contributed by atoms with Gasteiger partial charge >= 0.3 is 10.1 Å². The van der Waals surface area contributed by atoms with Crippen molar-refractivity contribution in [3.05, 3.63) is 89.6 Å². The molecule has 1 atom stereocenters. The summed E-state index contributed by atoms with van der Waals surface area (Å²) in [6, 6.07) is 9.95. The molecule has 4 aromatic rings. The Balaban J connectivity index is 1.59. The Hall–Kier alpha value is -4.65. The smallest absolute Gasteiger partial charge is 0.344 e. The molecule has 1 aliphatic rings. The number of amides is 1. The first-order valence-corrected chi connectivity index (χ1v) is 12.6. The minimum atomic E-state index is -4.23. The summed E-state index contributed by atoms with van der Waals surface area (Å²) in [5, 5.41) is 3.65. The van der Waals surface area contributed by atoms with Crippen molar-refractivity contribution in [2.45, 2.75) is 24.3 Å². The summed E-state index contributed by atoms with van der Waals surface area (Å²) in [6.07, 6.45) is 4.23. The van der Waals surface area contributed by atoms with Crippen molar-refractivity contribution in [3.63, 3.8) is 0 Å². The minimum absolute atomic E-state index is 0.0131. The second-order valence-electron chi connectivity index (χ2n) is 8.58. The van der Waals surface area contributed by atoms with E-state index in [0.717, 1.165) is 0 Å². The number of likely N-dealkylation sites (N-methyl/N-ethyl adjacent to an activating group) is 1. The van der Waals surface area contributed by atoms with Crippen LogP contribution in [0.3, 0.4) is 0 Å². The maximum absolute atomic E-state index is 14.8. The summed E-state index contributed by atoms with van der Waals surface area (Å²) < 4.78 is 50.6. The Bertz CT molecular complexity index is 1670. The van der Waals surface area contributed by atoms with Gasteiger partial charge in [-0.3, -0.25) is 9.69 Å². The number of aromatic nitrogens is 3. The molecular weight excluding hydrogens is 515 g/mol. The van der Waals surface area contributed by atoms with Gasteiger partial charge in [0.15, 0.2) is 22.2 Å². The Kier molecular flexibility index (Phi) is 5.94. The van der Waals surface area contributed by atoms with Crippen LogP contribution in [0.25, 0.3) is 11.1 Å². The number of hydrogen-bond acceptors (Lipinski definition) is 10. The Morgan fingerprint density at radius 3 is 2.29 bits per heavy atom. The molecule has 5 rings (SSSR count). The number of halogens is 1. The summed E-state index contributed by atoms with van der Waals surface area (Å²) in [5.74, 6) is -0.971. The van der Waals surface area contributed by atoms with Gasteiger partial charge in [-0.05, 0) is 49.2 Å². The first kappa shape index (κ1) is 25.0. The molecule has 11 nitrogen and oxygen atoms in total. The lowest BCUT2D eigenvalue weighted by atomic mass is 9.81. The lowest BCUT2D eigenvalue weighted by molar-refractivity contribution is -0.129. The second-order valence-corrected chi connectivity index (χ2v) is 10.1. The maximum Gasteiger partial charge on any atom is 0.344 e. The maximum atomic E-state index is 14.8. The zero-order chi connectivity index (χ0) is 27.2. The lowest BCUT2D eigenvalue weighted by Gasteiger charge is -2.27. The first-order chi connectivity index (χ1) is 18.0. The Labute approximate surface area is 216 Å². The van der Waals surface area contributed by atoms with Crippen LogP contribution in [-0.2, 0) is 20.5 Å². The molecule has 38 heavy (non-hydrogen) atoms. The van der Waals surface area contributed by atoms with Crippen molar-refractivity contribution in [1.82, 2.24) is 20.0 Å². The molecule has 1 unspecified atom stereocenters. The van der Waals surface area contributed by atoms with Crippen LogP contribution in [0.5, 0.6) is 5.75 Å². The third kappa shape index (κ3) is 3.96. The molecular formula is C25H21FN6O5S. The van der Waals surface area contributed by atoms with E-state index in [1.165, 1.54) is 87.0 Å². The van der Waals surface area contributed by atoms with Crippen LogP contribution in [0.4, 0.5) is 4.39 Å². The van der Waals surface area contributed by atoms with Crippen molar-refractivity contribution in [3.8, 4) is 16.9 Å². The third-order valence-electron chi connectivity index (χ3n) is 6.19. The van der Waals surface area contributed by atoms with E-state index in [-0.39, 0.29) is 33.6 Å². The van der Waals surface area contributed by atoms with E-state index in [1.807, 2.05) is 0 Å². The molecule has 194 valence electrons. The molecule has 2 aromatic carbocycles. The number of rotatable bonds is 6. The quantitative estimate of drug-likeness (QED) is 0.366. The summed E-state index contributed by atoms with van der Waals surface area (Å²) in [7, 11) is -2.75. The van der Waals surface area contributed by atoms with Crippen LogP contribution in [0.2, 0.25) is 0 Å². The molecule has 1 aliphatic heterocycles. The van der Waals surface area contributed by atoms with Gasteiger partial charge in [0.2, 0.25) is 0 Å². The van der Waals surface area contributed by atoms with Gasteiger partial charge in [-0.2, -0.15) is 8.42 Å². The zero-order valence-corrected chi connectivity index (χ0v) is 21.2. The van der Waals surface area contributed by atoms with E-state index in [0.29, 0.717) is 16.7 Å². The second kappa shape index (κ2) is 9.03. The summed E-state index contributed by atoms with van der Waals surface area (Å²) in [4.78, 5) is 27.0. The lowest BCUT2D eigenvalue weighted by Crippen LogP contribution is -2.41. The van der Waals surface area contributed by atoms with Gasteiger partial charge in [0.1, 0.15) is 23.6 Å². The summed E-state index contributed by atoms with van der Waals surface area (Å²) >= 11 is 0. The monoisotopic (exact) mass is 536 g/mol. The molecule has 2 N–H and O–H groups in total. The van der Waals surface area contributed by atoms with Gasteiger partial charge in [0.05, 0.1) is 0 Å². The third-order valence-corrected chi connectivity index (χ3v) is 7.69. The largest absolute Gasteiger partial charge is 0.379 e. The average molecular weight is 537 g/mol. The van der Waals surface area contributed by atoms with E-state index in [9.17, 15) is 17.6 Å². The fourth-order valence-electron chi connectivity index (χ4n) is 4.35. The highest BCUT2D eigenvalue weighted by molar-refractivity contribution is 7.87. The van der Waals surface area contributed by atoms with E-state index >= 15 is 0 Å². The predicted molar refractivity (Wildman–Crippen MR) is 133 cm³/mol. The number of carbonyl (C=O) groups excluding carboxylic acids is 1. The number of guanidine groups is 1. The molecule has 0 aliphatic carbocycles. The molecule has 0 bridgehead atoms. The zero-order valence-electron chi connectivity index (χ0n) is 20.4. The fourth-order valence-corrected chi connectivity index (χ4v) is 5.58. The number of aryl methyl sites for hydroxylation is 2. The van der Waals surface area contributed by atoms with Gasteiger partial charge in [0, 0.05) is 30.6 Å². The van der Waals surface area contributed by atoms with E-state index in [2.05, 4.69) is 20.1 Å². The molecule has 0 fully saturated rings. The van der Waals surface area contributed by atoms with Crippen LogP contribution < -0.4 is 9.92 Å². The molecule has 1 amide bonds. The van der Waals surface area contributed by atoms with E-state index in [1.54, 1.807) is 0 Å². The number of hydrogen-bond donors (Lipinski definition) is 1. The predicted octanol–water partition coefficient (Wildman–Crippen LogP) is 2.69. The molecule has 2 aromatic heterocycles. The van der Waals surface area contributed by atoms with Crippen molar-refractivity contribution >= 4 is 22.0 Å². The molecule has 3 heterocycles. The number of carbonyl (C=O) groups is 1. The highest BCUT2D eigenvalue weighted by Gasteiger charge is 2.49. The van der Waals surface area contributed by atoms with Crippen molar-refractivity contribution in [1.29, 1.82) is 0 Å². The normalized spacial score (nSPS) is 17.5. The van der Waals surface area contributed by atoms with E-state index in [4.69, 9.17) is 14.4 Å². The number of nitrogens with zero attached hydrogens (tertiary/aromatic N) is 5. The SMILES string of the molecule is Cc1noc(C)c1S(=O)(=O)Oc1ccc(C2(c3ccc(F)c(-c4cncnc4)c3)N=C(N)N(C)C2=O)cc1. The Morgan fingerprint density at radius 2 is 1.71 bits per heavy atom. The van der Waals surface area contributed by atoms with Gasteiger partial charge in [0.25, 0.3) is 5.91 Å². The van der Waals surface area contributed by atoms with Crippen LogP contribution in [0.15, 0.2) is 75.6 Å². The highest BCUT2D eigenvalue weighted by atomic mass is 32.2. The van der Waals surface area contributed by atoms with Gasteiger partial charge in [-0.15, -0.1) is 0 Å². The molecule has 0 spiro atoms. The first-order valence-electron chi connectivity index (χ1n) is 11.2. The van der Waals surface area contributed by atoms with Gasteiger partial charge in [-0.25, -0.2) is 19.4 Å². The summed E-state index contributed by atoms with van der Waals surface area (Å²) in [5.41, 5.74) is 5.82. The topological polar surface area (TPSA) is 154 Å². The van der Waals surface area contributed by atoms with Crippen molar-refractivity contribution < 1.29 is 26.3 Å². The van der Waals surface area contributed by atoms with Crippen LogP contribution in [0.1, 0.15) is 22.6 Å². The summed E-state index contributed by atoms with van der Waals surface area (Å²) in [6.45, 7) is 2.95. The highest BCUT2D eigenvalue weighted by Crippen LogP contribution is 2.41. The molecule has 13 heteroatoms. The van der Waals surface area contributed by atoms with Crippen LogP contribution in [0, 0.1) is 19.7 Å². The van der Waals surface area contributed by atoms with Crippen LogP contribution >= 0.6 is 0 Å². The van der Waals surface area contributed by atoms with Crippen LogP contribution in [-0.4, -0.2) is 47.4 Å². The fraction of sp³-hybridized carbons (Fsp3) is 0.160. The number of benzene rings is 2. The average Bonchev–Trinajstić information content (AvgIpc) is 3.36. The Morgan fingerprint density at radius 1 is 1.05 bits per heavy atom. The molecule has 0 saturated heterocycles. The number of aliphatic imine (C=N–C) groups is 1. The van der Waals surface area contributed by atoms with Crippen molar-refractivity contribution in [2.24, 2.45) is 10.7 Å². The van der Waals surface area contributed by atoms with Gasteiger partial charge < -0.3 is 14.4 Å². The molecule has 0 saturated carbocycles.